The summed E-state index contributed by atoms with van der Waals surface area (Å²) in [5.74, 6) is -1.08. The molecule has 0 saturated heterocycles. The fraction of sp³-hybridized carbons (Fsp3) is 0.150. The standard InChI is InChI=1S/C20H16F3NO4/c21-20(22,23)19(26,17-11-6-12-27-17)13-18(25)24-15-9-4-5-10-16(15)28-14-7-2-1-3-8-14/h1-12,26H,13H2,(H,24,25)/t19-/m1/s1. The molecule has 0 aliphatic carbocycles. The molecule has 0 radical (unpaired) electrons. The van der Waals surface area contributed by atoms with Gasteiger partial charge in [-0.1, -0.05) is 30.3 Å². The van der Waals surface area contributed by atoms with Gasteiger partial charge in [0.05, 0.1) is 18.4 Å². The molecule has 8 heteroatoms. The van der Waals surface area contributed by atoms with E-state index in [0.717, 1.165) is 12.3 Å². The Balaban J connectivity index is 1.80. The van der Waals surface area contributed by atoms with E-state index < -0.39 is 29.9 Å². The van der Waals surface area contributed by atoms with Crippen LogP contribution in [0, 0.1) is 0 Å². The van der Waals surface area contributed by atoms with Gasteiger partial charge < -0.3 is 19.6 Å². The number of benzene rings is 2. The molecule has 0 bridgehead atoms. The van der Waals surface area contributed by atoms with Crippen LogP contribution in [-0.2, 0) is 10.4 Å². The minimum atomic E-state index is -5.11. The van der Waals surface area contributed by atoms with E-state index in [1.807, 2.05) is 0 Å². The third-order valence-corrected chi connectivity index (χ3v) is 3.95. The first-order valence-corrected chi connectivity index (χ1v) is 8.24. The molecule has 1 aromatic heterocycles. The quantitative estimate of drug-likeness (QED) is 0.630. The van der Waals surface area contributed by atoms with Crippen molar-refractivity contribution >= 4 is 11.6 Å². The zero-order valence-electron chi connectivity index (χ0n) is 14.4. The van der Waals surface area contributed by atoms with E-state index in [0.29, 0.717) is 5.75 Å². The summed E-state index contributed by atoms with van der Waals surface area (Å²) in [6.07, 6.45) is -5.39. The topological polar surface area (TPSA) is 71.7 Å². The van der Waals surface area contributed by atoms with Crippen LogP contribution in [0.15, 0.2) is 77.4 Å². The Labute approximate surface area is 158 Å². The van der Waals surface area contributed by atoms with Crippen LogP contribution in [0.2, 0.25) is 0 Å². The van der Waals surface area contributed by atoms with Crippen molar-refractivity contribution in [3.8, 4) is 11.5 Å². The monoisotopic (exact) mass is 391 g/mol. The van der Waals surface area contributed by atoms with Crippen LogP contribution in [0.5, 0.6) is 11.5 Å². The SMILES string of the molecule is O=C(C[C@@](O)(c1ccco1)C(F)(F)F)Nc1ccccc1Oc1ccccc1. The lowest BCUT2D eigenvalue weighted by molar-refractivity contribution is -0.272. The van der Waals surface area contributed by atoms with Gasteiger partial charge in [-0.15, -0.1) is 0 Å². The van der Waals surface area contributed by atoms with Crippen LogP contribution in [0.1, 0.15) is 12.2 Å². The van der Waals surface area contributed by atoms with Crippen molar-refractivity contribution in [2.45, 2.75) is 18.2 Å². The second-order valence-electron chi connectivity index (χ2n) is 5.97. The average Bonchev–Trinajstić information content (AvgIpc) is 3.18. The molecule has 0 saturated carbocycles. The van der Waals surface area contributed by atoms with E-state index in [-0.39, 0.29) is 11.4 Å². The second kappa shape index (κ2) is 7.77. The van der Waals surface area contributed by atoms with E-state index in [2.05, 4.69) is 5.32 Å². The molecule has 0 unspecified atom stereocenters. The number of alkyl halides is 3. The van der Waals surface area contributed by atoms with Crippen molar-refractivity contribution in [2.75, 3.05) is 5.32 Å². The highest BCUT2D eigenvalue weighted by molar-refractivity contribution is 5.93. The number of carbonyl (C=O) groups is 1. The van der Waals surface area contributed by atoms with Gasteiger partial charge in [-0.3, -0.25) is 4.79 Å². The maximum atomic E-state index is 13.4. The van der Waals surface area contributed by atoms with Gasteiger partial charge in [0.1, 0.15) is 11.5 Å². The highest BCUT2D eigenvalue weighted by atomic mass is 19.4. The van der Waals surface area contributed by atoms with E-state index in [1.54, 1.807) is 48.5 Å². The number of aliphatic hydroxyl groups is 1. The summed E-state index contributed by atoms with van der Waals surface area (Å²) >= 11 is 0. The number of amides is 1. The van der Waals surface area contributed by atoms with Crippen LogP contribution >= 0.6 is 0 Å². The maximum absolute atomic E-state index is 13.4. The highest BCUT2D eigenvalue weighted by Crippen LogP contribution is 2.42. The Hall–Kier alpha value is -3.26. The largest absolute Gasteiger partial charge is 0.466 e. The molecule has 0 spiro atoms. The Morgan fingerprint density at radius 2 is 1.68 bits per heavy atom. The maximum Gasteiger partial charge on any atom is 0.425 e. The molecule has 3 aromatic rings. The van der Waals surface area contributed by atoms with Gasteiger partial charge >= 0.3 is 6.18 Å². The van der Waals surface area contributed by atoms with Gasteiger partial charge in [-0.25, -0.2) is 0 Å². The molecule has 1 atom stereocenters. The summed E-state index contributed by atoms with van der Waals surface area (Å²) in [5, 5.41) is 12.5. The van der Waals surface area contributed by atoms with Crippen molar-refractivity contribution in [3.05, 3.63) is 78.8 Å². The van der Waals surface area contributed by atoms with Crippen molar-refractivity contribution in [2.24, 2.45) is 0 Å². The minimum absolute atomic E-state index is 0.167. The Kier molecular flexibility index (Phi) is 5.41. The van der Waals surface area contributed by atoms with Gasteiger partial charge in [0.15, 0.2) is 5.75 Å². The van der Waals surface area contributed by atoms with Crippen molar-refractivity contribution < 1.29 is 32.2 Å². The van der Waals surface area contributed by atoms with Gasteiger partial charge in [0, 0.05) is 0 Å². The molecule has 2 N–H and O–H groups in total. The van der Waals surface area contributed by atoms with Crippen molar-refractivity contribution in [1.82, 2.24) is 0 Å². The van der Waals surface area contributed by atoms with Crippen molar-refractivity contribution in [3.63, 3.8) is 0 Å². The zero-order chi connectivity index (χ0) is 20.2. The number of ether oxygens (including phenoxy) is 1. The van der Waals surface area contributed by atoms with E-state index in [9.17, 15) is 23.1 Å². The third-order valence-electron chi connectivity index (χ3n) is 3.95. The molecule has 2 aromatic carbocycles. The fourth-order valence-corrected chi connectivity index (χ4v) is 2.54. The van der Waals surface area contributed by atoms with Crippen LogP contribution in [0.25, 0.3) is 0 Å². The molecular formula is C20H16F3NO4. The molecule has 1 amide bonds. The van der Waals surface area contributed by atoms with Crippen LogP contribution in [0.4, 0.5) is 18.9 Å². The zero-order valence-corrected chi connectivity index (χ0v) is 14.4. The summed E-state index contributed by atoms with van der Waals surface area (Å²) in [6, 6.07) is 17.1. The van der Waals surface area contributed by atoms with E-state index in [1.165, 1.54) is 12.1 Å². The predicted molar refractivity (Wildman–Crippen MR) is 94.9 cm³/mol. The van der Waals surface area contributed by atoms with Crippen LogP contribution in [-0.4, -0.2) is 17.2 Å². The summed E-state index contributed by atoms with van der Waals surface area (Å²) in [4.78, 5) is 12.3. The summed E-state index contributed by atoms with van der Waals surface area (Å²) in [6.45, 7) is 0. The molecule has 5 nitrogen and oxygen atoms in total. The number of rotatable bonds is 6. The lowest BCUT2D eigenvalue weighted by Gasteiger charge is -2.28. The molecule has 0 aliphatic rings. The molecule has 0 aliphatic heterocycles. The van der Waals surface area contributed by atoms with Gasteiger partial charge in [0.25, 0.3) is 0 Å². The van der Waals surface area contributed by atoms with Crippen molar-refractivity contribution in [1.29, 1.82) is 0 Å². The van der Waals surface area contributed by atoms with Crippen LogP contribution < -0.4 is 10.1 Å². The number of nitrogens with one attached hydrogen (secondary N) is 1. The molecule has 146 valence electrons. The number of furan rings is 1. The lowest BCUT2D eigenvalue weighted by atomic mass is 9.95. The Morgan fingerprint density at radius 3 is 2.32 bits per heavy atom. The van der Waals surface area contributed by atoms with Crippen LogP contribution in [0.3, 0.4) is 0 Å². The first kappa shape index (κ1) is 19.5. The van der Waals surface area contributed by atoms with Gasteiger partial charge in [-0.05, 0) is 36.4 Å². The average molecular weight is 391 g/mol. The number of hydrogen-bond acceptors (Lipinski definition) is 4. The van der Waals surface area contributed by atoms with E-state index in [4.69, 9.17) is 9.15 Å². The Morgan fingerprint density at radius 1 is 1.00 bits per heavy atom. The molecule has 1 heterocycles. The molecular weight excluding hydrogens is 375 g/mol. The smallest absolute Gasteiger partial charge is 0.425 e. The van der Waals surface area contributed by atoms with Gasteiger partial charge in [0.2, 0.25) is 11.5 Å². The number of anilines is 1. The molecule has 0 fully saturated rings. The summed E-state index contributed by atoms with van der Waals surface area (Å²) in [5.41, 5.74) is -3.28. The Bertz CT molecular complexity index is 926. The molecule has 3 rings (SSSR count). The second-order valence-corrected chi connectivity index (χ2v) is 5.97. The third kappa shape index (κ3) is 4.17. The minimum Gasteiger partial charge on any atom is -0.466 e. The first-order chi connectivity index (χ1) is 13.3. The summed E-state index contributed by atoms with van der Waals surface area (Å²) in [7, 11) is 0. The number of hydrogen-bond donors (Lipinski definition) is 2. The van der Waals surface area contributed by atoms with E-state index >= 15 is 0 Å². The summed E-state index contributed by atoms with van der Waals surface area (Å²) < 4.78 is 50.6. The normalized spacial score (nSPS) is 13.6. The molecule has 28 heavy (non-hydrogen) atoms. The number of halogens is 3. The first-order valence-electron chi connectivity index (χ1n) is 8.24. The lowest BCUT2D eigenvalue weighted by Crippen LogP contribution is -2.44. The fourth-order valence-electron chi connectivity index (χ4n) is 2.54. The predicted octanol–water partition coefficient (Wildman–Crippen LogP) is 4.85. The highest BCUT2D eigenvalue weighted by Gasteiger charge is 2.58. The number of carbonyl (C=O) groups excluding carboxylic acids is 1. The number of para-hydroxylation sites is 3. The van der Waals surface area contributed by atoms with Gasteiger partial charge in [-0.2, -0.15) is 13.2 Å².